The quantitative estimate of drug-likeness (QED) is 0.876. The SMILES string of the molecule is CC(C)C1c2nc[nH]c2C[C@@](C)(C(=O)O)N1C(=O)OCc1ccccc1. The number of imidazole rings is 1. The number of fused-ring (bicyclic) bond motifs is 1. The molecular weight excluding hydrogens is 334 g/mol. The van der Waals surface area contributed by atoms with Gasteiger partial charge in [0, 0.05) is 12.1 Å². The van der Waals surface area contributed by atoms with Crippen molar-refractivity contribution in [3.05, 3.63) is 53.6 Å². The van der Waals surface area contributed by atoms with Crippen molar-refractivity contribution in [3.8, 4) is 0 Å². The molecule has 26 heavy (non-hydrogen) atoms. The largest absolute Gasteiger partial charge is 0.479 e. The normalized spacial score (nSPS) is 22.2. The Morgan fingerprint density at radius 3 is 2.69 bits per heavy atom. The van der Waals surface area contributed by atoms with Crippen LogP contribution in [0.4, 0.5) is 4.79 Å². The summed E-state index contributed by atoms with van der Waals surface area (Å²) in [5, 5.41) is 9.88. The van der Waals surface area contributed by atoms with Gasteiger partial charge in [0.15, 0.2) is 0 Å². The molecule has 0 fully saturated rings. The number of carboxylic acids is 1. The Bertz CT molecular complexity index is 802. The number of H-pyrrole nitrogens is 1. The minimum atomic E-state index is -1.41. The molecule has 1 aromatic carbocycles. The number of hydrogen-bond acceptors (Lipinski definition) is 4. The van der Waals surface area contributed by atoms with Crippen LogP contribution >= 0.6 is 0 Å². The van der Waals surface area contributed by atoms with Gasteiger partial charge in [-0.15, -0.1) is 0 Å². The Morgan fingerprint density at radius 2 is 2.08 bits per heavy atom. The molecule has 1 aliphatic rings. The maximum Gasteiger partial charge on any atom is 0.411 e. The summed E-state index contributed by atoms with van der Waals surface area (Å²) in [7, 11) is 0. The molecule has 0 bridgehead atoms. The highest BCUT2D eigenvalue weighted by atomic mass is 16.6. The van der Waals surface area contributed by atoms with Crippen LogP contribution in [0.3, 0.4) is 0 Å². The van der Waals surface area contributed by atoms with E-state index in [1.54, 1.807) is 13.3 Å². The third-order valence-corrected chi connectivity index (χ3v) is 4.86. The Hall–Kier alpha value is -2.83. The number of ether oxygens (including phenoxy) is 1. The number of rotatable bonds is 4. The van der Waals surface area contributed by atoms with E-state index < -0.39 is 23.6 Å². The third-order valence-electron chi connectivity index (χ3n) is 4.86. The maximum atomic E-state index is 12.9. The van der Waals surface area contributed by atoms with Gasteiger partial charge in [0.1, 0.15) is 12.1 Å². The van der Waals surface area contributed by atoms with Crippen LogP contribution in [-0.4, -0.2) is 37.6 Å². The van der Waals surface area contributed by atoms with Gasteiger partial charge in [-0.3, -0.25) is 4.90 Å². The summed E-state index contributed by atoms with van der Waals surface area (Å²) >= 11 is 0. The van der Waals surface area contributed by atoms with Crippen molar-refractivity contribution in [3.63, 3.8) is 0 Å². The first kappa shape index (κ1) is 18.0. The maximum absolute atomic E-state index is 12.9. The minimum Gasteiger partial charge on any atom is -0.479 e. The molecule has 138 valence electrons. The number of aromatic amines is 1. The van der Waals surface area contributed by atoms with Crippen molar-refractivity contribution in [2.45, 2.75) is 45.4 Å². The van der Waals surface area contributed by atoms with Crippen LogP contribution in [0.2, 0.25) is 0 Å². The van der Waals surface area contributed by atoms with E-state index in [1.165, 1.54) is 4.90 Å². The van der Waals surface area contributed by atoms with Gasteiger partial charge >= 0.3 is 12.1 Å². The third kappa shape index (κ3) is 3.05. The molecule has 7 nitrogen and oxygen atoms in total. The number of benzene rings is 1. The van der Waals surface area contributed by atoms with Gasteiger partial charge in [0.25, 0.3) is 0 Å². The summed E-state index contributed by atoms with van der Waals surface area (Å²) in [4.78, 5) is 33.7. The van der Waals surface area contributed by atoms with Crippen LogP contribution in [0.1, 0.15) is 43.8 Å². The lowest BCUT2D eigenvalue weighted by Crippen LogP contribution is -2.61. The number of amides is 1. The zero-order valence-electron chi connectivity index (χ0n) is 15.1. The number of nitrogens with zero attached hydrogens (tertiary/aromatic N) is 2. The highest BCUT2D eigenvalue weighted by molar-refractivity contribution is 5.85. The Balaban J connectivity index is 1.94. The molecule has 1 amide bonds. The molecule has 0 radical (unpaired) electrons. The Labute approximate surface area is 152 Å². The molecule has 1 aromatic heterocycles. The van der Waals surface area contributed by atoms with Crippen LogP contribution in [-0.2, 0) is 22.6 Å². The lowest BCUT2D eigenvalue weighted by molar-refractivity contribution is -0.153. The predicted octanol–water partition coefficient (Wildman–Crippen LogP) is 3.15. The monoisotopic (exact) mass is 357 g/mol. The molecule has 7 heteroatoms. The molecular formula is C19H23N3O4. The van der Waals surface area contributed by atoms with Gasteiger partial charge in [-0.05, 0) is 18.4 Å². The smallest absolute Gasteiger partial charge is 0.411 e. The fourth-order valence-electron chi connectivity index (χ4n) is 3.48. The van der Waals surface area contributed by atoms with Crippen molar-refractivity contribution in [1.82, 2.24) is 14.9 Å². The highest BCUT2D eigenvalue weighted by Crippen LogP contribution is 2.42. The van der Waals surface area contributed by atoms with Crippen molar-refractivity contribution in [2.24, 2.45) is 5.92 Å². The number of nitrogens with one attached hydrogen (secondary N) is 1. The number of carbonyl (C=O) groups excluding carboxylic acids is 1. The first-order valence-corrected chi connectivity index (χ1v) is 8.60. The van der Waals surface area contributed by atoms with Crippen LogP contribution < -0.4 is 0 Å². The first-order chi connectivity index (χ1) is 12.3. The van der Waals surface area contributed by atoms with Gasteiger partial charge in [0.2, 0.25) is 0 Å². The van der Waals surface area contributed by atoms with E-state index in [1.807, 2.05) is 44.2 Å². The van der Waals surface area contributed by atoms with Crippen molar-refractivity contribution >= 4 is 12.1 Å². The lowest BCUT2D eigenvalue weighted by atomic mass is 9.82. The molecule has 0 saturated carbocycles. The summed E-state index contributed by atoms with van der Waals surface area (Å²) < 4.78 is 5.47. The molecule has 0 aliphatic carbocycles. The molecule has 2 N–H and O–H groups in total. The van der Waals surface area contributed by atoms with Gasteiger partial charge in [0.05, 0.1) is 18.1 Å². The van der Waals surface area contributed by atoms with Gasteiger partial charge < -0.3 is 14.8 Å². The molecule has 2 atom stereocenters. The van der Waals surface area contributed by atoms with Gasteiger partial charge in [-0.2, -0.15) is 0 Å². The summed E-state index contributed by atoms with van der Waals surface area (Å²) in [6.07, 6.45) is 1.05. The molecule has 0 saturated heterocycles. The van der Waals surface area contributed by atoms with Crippen LogP contribution in [0.5, 0.6) is 0 Å². The second-order valence-electron chi connectivity index (χ2n) is 7.12. The average molecular weight is 357 g/mol. The first-order valence-electron chi connectivity index (χ1n) is 8.60. The van der Waals surface area contributed by atoms with Gasteiger partial charge in [-0.25, -0.2) is 14.6 Å². The van der Waals surface area contributed by atoms with E-state index in [0.29, 0.717) is 5.69 Å². The number of carboxylic acid groups (broad SMARTS) is 1. The summed E-state index contributed by atoms with van der Waals surface area (Å²) in [5.41, 5.74) is 0.884. The van der Waals surface area contributed by atoms with E-state index in [9.17, 15) is 14.7 Å². The van der Waals surface area contributed by atoms with E-state index >= 15 is 0 Å². The van der Waals surface area contributed by atoms with Crippen LogP contribution in [0.25, 0.3) is 0 Å². The van der Waals surface area contributed by atoms with Crippen LogP contribution in [0, 0.1) is 5.92 Å². The summed E-state index contributed by atoms with van der Waals surface area (Å²) in [6, 6.07) is 8.83. The predicted molar refractivity (Wildman–Crippen MR) is 94.4 cm³/mol. The number of aliphatic carboxylic acids is 1. The van der Waals surface area contributed by atoms with E-state index in [2.05, 4.69) is 9.97 Å². The molecule has 2 aromatic rings. The molecule has 2 heterocycles. The molecule has 0 spiro atoms. The second-order valence-corrected chi connectivity index (χ2v) is 7.12. The zero-order chi connectivity index (χ0) is 18.9. The number of carbonyl (C=O) groups is 2. The standard InChI is InChI=1S/C19H23N3O4/c1-12(2)16-15-14(20-11-21-15)9-19(3,17(23)24)22(16)18(25)26-10-13-7-5-4-6-8-13/h4-8,11-12,16H,9-10H2,1-3H3,(H,20,21)(H,23,24)/t16?,19-/m0/s1. The highest BCUT2D eigenvalue weighted by Gasteiger charge is 2.53. The summed E-state index contributed by atoms with van der Waals surface area (Å²) in [6.45, 7) is 5.52. The fraction of sp³-hybridized carbons (Fsp3) is 0.421. The van der Waals surface area contributed by atoms with Crippen molar-refractivity contribution in [2.75, 3.05) is 0 Å². The molecule has 1 unspecified atom stereocenters. The minimum absolute atomic E-state index is 0.0275. The number of hydrogen-bond donors (Lipinski definition) is 2. The second kappa shape index (κ2) is 6.82. The average Bonchev–Trinajstić information content (AvgIpc) is 3.06. The number of aromatic nitrogens is 2. The van der Waals surface area contributed by atoms with Crippen LogP contribution in [0.15, 0.2) is 36.7 Å². The molecule has 1 aliphatic heterocycles. The van der Waals surface area contributed by atoms with E-state index in [0.717, 1.165) is 11.3 Å². The van der Waals surface area contributed by atoms with Crippen molar-refractivity contribution < 1.29 is 19.4 Å². The van der Waals surface area contributed by atoms with Crippen molar-refractivity contribution in [1.29, 1.82) is 0 Å². The van der Waals surface area contributed by atoms with E-state index in [-0.39, 0.29) is 18.9 Å². The molecule has 3 rings (SSSR count). The van der Waals surface area contributed by atoms with Gasteiger partial charge in [-0.1, -0.05) is 44.2 Å². The topological polar surface area (TPSA) is 95.5 Å². The Kier molecular flexibility index (Phi) is 4.71. The van der Waals surface area contributed by atoms with E-state index in [4.69, 9.17) is 4.74 Å². The zero-order valence-corrected chi connectivity index (χ0v) is 15.1. The fourth-order valence-corrected chi connectivity index (χ4v) is 3.48. The lowest BCUT2D eigenvalue weighted by Gasteiger charge is -2.46. The Morgan fingerprint density at radius 1 is 1.38 bits per heavy atom. The summed E-state index contributed by atoms with van der Waals surface area (Å²) in [5.74, 6) is -1.10.